The number of furan rings is 1. The Hall–Kier alpha value is -0.175. The van der Waals surface area contributed by atoms with Crippen LogP contribution in [0.4, 0.5) is 0 Å². The van der Waals surface area contributed by atoms with E-state index in [1.165, 1.54) is 51.3 Å². The fourth-order valence-electron chi connectivity index (χ4n) is 4.29. The molecule has 3 heterocycles. The number of fused-ring (bicyclic) bond motifs is 2. The van der Waals surface area contributed by atoms with E-state index in [0.717, 1.165) is 35.0 Å². The van der Waals surface area contributed by atoms with Gasteiger partial charge >= 0.3 is 0 Å². The van der Waals surface area contributed by atoms with E-state index in [0.29, 0.717) is 0 Å². The molecule has 0 atom stereocenters. The van der Waals surface area contributed by atoms with Gasteiger partial charge < -0.3 is 4.42 Å². The van der Waals surface area contributed by atoms with Crippen molar-refractivity contribution >= 4 is 22.6 Å². The van der Waals surface area contributed by atoms with Crippen molar-refractivity contribution in [3.63, 3.8) is 0 Å². The van der Waals surface area contributed by atoms with Crippen LogP contribution in [0.15, 0.2) is 21.2 Å². The summed E-state index contributed by atoms with van der Waals surface area (Å²) in [6.07, 6.45) is 14.6. The first kappa shape index (κ1) is 12.8. The van der Waals surface area contributed by atoms with E-state index < -0.39 is 0 Å². The Bertz CT molecular complexity index is 368. The molecule has 0 unspecified atom stereocenters. The summed E-state index contributed by atoms with van der Waals surface area (Å²) in [5, 5.41) is 0. The molecular formula is C15H22BBrO. The van der Waals surface area contributed by atoms with Gasteiger partial charge in [-0.3, -0.25) is 0 Å². The SMILES string of the molecule is Brc1ccoc1CCCB1C2CCCC1CCC2. The van der Waals surface area contributed by atoms with Gasteiger partial charge in [0, 0.05) is 6.42 Å². The van der Waals surface area contributed by atoms with Gasteiger partial charge in [0.2, 0.25) is 0 Å². The average Bonchev–Trinajstić information content (AvgIpc) is 2.75. The second kappa shape index (κ2) is 5.86. The first-order valence-corrected chi connectivity index (χ1v) is 8.36. The Morgan fingerprint density at radius 2 is 1.83 bits per heavy atom. The number of aryl methyl sites for hydroxylation is 1. The monoisotopic (exact) mass is 308 g/mol. The molecule has 0 radical (unpaired) electrons. The zero-order valence-electron chi connectivity index (χ0n) is 11.0. The quantitative estimate of drug-likeness (QED) is 0.662. The molecule has 1 aromatic rings. The van der Waals surface area contributed by atoms with Gasteiger partial charge in [-0.25, -0.2) is 0 Å². The van der Waals surface area contributed by atoms with Gasteiger partial charge in [-0.1, -0.05) is 62.9 Å². The Morgan fingerprint density at radius 3 is 2.39 bits per heavy atom. The van der Waals surface area contributed by atoms with Crippen LogP contribution < -0.4 is 0 Å². The fourth-order valence-corrected chi connectivity index (χ4v) is 4.69. The summed E-state index contributed by atoms with van der Waals surface area (Å²) < 4.78 is 6.65. The van der Waals surface area contributed by atoms with Gasteiger partial charge in [-0.05, 0) is 22.0 Å². The van der Waals surface area contributed by atoms with Gasteiger partial charge in [0.05, 0.1) is 10.7 Å². The van der Waals surface area contributed by atoms with Gasteiger partial charge in [-0.2, -0.15) is 0 Å². The van der Waals surface area contributed by atoms with Gasteiger partial charge in [0.15, 0.2) is 0 Å². The van der Waals surface area contributed by atoms with Crippen LogP contribution in [0.25, 0.3) is 0 Å². The molecule has 0 amide bonds. The molecule has 0 spiro atoms. The molecule has 0 N–H and O–H groups in total. The van der Waals surface area contributed by atoms with Crippen molar-refractivity contribution in [1.29, 1.82) is 0 Å². The number of halogens is 1. The molecule has 2 fully saturated rings. The van der Waals surface area contributed by atoms with E-state index in [-0.39, 0.29) is 0 Å². The molecule has 0 aliphatic carbocycles. The van der Waals surface area contributed by atoms with E-state index in [9.17, 15) is 0 Å². The predicted octanol–water partition coefficient (Wildman–Crippen LogP) is 5.58. The van der Waals surface area contributed by atoms with Crippen LogP contribution in [0.3, 0.4) is 0 Å². The molecule has 3 heteroatoms. The summed E-state index contributed by atoms with van der Waals surface area (Å²) in [5.41, 5.74) is 0. The number of rotatable bonds is 4. The van der Waals surface area contributed by atoms with Crippen LogP contribution in [0, 0.1) is 0 Å². The Morgan fingerprint density at radius 1 is 1.17 bits per heavy atom. The highest BCUT2D eigenvalue weighted by Gasteiger charge is 2.38. The van der Waals surface area contributed by atoms with Gasteiger partial charge in [0.25, 0.3) is 0 Å². The number of hydrogen-bond acceptors (Lipinski definition) is 1. The Kier molecular flexibility index (Phi) is 4.18. The maximum atomic E-state index is 5.50. The molecule has 0 aromatic carbocycles. The molecular weight excluding hydrogens is 287 g/mol. The lowest BCUT2D eigenvalue weighted by Crippen LogP contribution is -2.34. The molecule has 3 rings (SSSR count). The van der Waals surface area contributed by atoms with Crippen molar-refractivity contribution < 1.29 is 4.42 Å². The standard InChI is InChI=1S/C15H22BBrO/c17-14-9-11-18-15(14)8-3-10-16-12-4-1-5-13(16)7-2-6-12/h9,11-13H,1-8,10H2. The lowest BCUT2D eigenvalue weighted by atomic mass is 9.26. The van der Waals surface area contributed by atoms with Crippen molar-refractivity contribution in [2.45, 2.75) is 69.3 Å². The zero-order chi connectivity index (χ0) is 12.4. The second-order valence-corrected chi connectivity index (χ2v) is 6.98. The van der Waals surface area contributed by atoms with Crippen LogP contribution in [0.2, 0.25) is 18.0 Å². The molecule has 2 saturated heterocycles. The first-order valence-electron chi connectivity index (χ1n) is 7.56. The highest BCUT2D eigenvalue weighted by Crippen LogP contribution is 2.48. The molecule has 18 heavy (non-hydrogen) atoms. The lowest BCUT2D eigenvalue weighted by Gasteiger charge is -2.40. The van der Waals surface area contributed by atoms with Crippen molar-refractivity contribution in [3.8, 4) is 0 Å². The third kappa shape index (κ3) is 2.71. The molecule has 98 valence electrons. The van der Waals surface area contributed by atoms with Crippen LogP contribution in [-0.4, -0.2) is 6.71 Å². The molecule has 1 aromatic heterocycles. The molecule has 1 nitrogen and oxygen atoms in total. The summed E-state index contributed by atoms with van der Waals surface area (Å²) in [6.45, 7) is 1.03. The minimum Gasteiger partial charge on any atom is -0.468 e. The number of hydrogen-bond donors (Lipinski definition) is 0. The van der Waals surface area contributed by atoms with E-state index in [1.54, 1.807) is 6.26 Å². The lowest BCUT2D eigenvalue weighted by molar-refractivity contribution is 0.439. The molecule has 0 saturated carbocycles. The summed E-state index contributed by atoms with van der Waals surface area (Å²) >= 11 is 3.55. The fraction of sp³-hybridized carbons (Fsp3) is 0.733. The van der Waals surface area contributed by atoms with Crippen LogP contribution in [-0.2, 0) is 6.42 Å². The van der Waals surface area contributed by atoms with Crippen molar-refractivity contribution in [3.05, 3.63) is 22.6 Å². The molecule has 2 aliphatic rings. The minimum absolute atomic E-state index is 1.03. The zero-order valence-corrected chi connectivity index (χ0v) is 12.6. The van der Waals surface area contributed by atoms with Crippen LogP contribution in [0.1, 0.15) is 50.7 Å². The molecule has 2 bridgehead atoms. The van der Waals surface area contributed by atoms with Crippen molar-refractivity contribution in [1.82, 2.24) is 0 Å². The highest BCUT2D eigenvalue weighted by atomic mass is 79.9. The third-order valence-corrected chi connectivity index (χ3v) is 5.85. The maximum Gasteiger partial charge on any atom is 0.146 e. The highest BCUT2D eigenvalue weighted by molar-refractivity contribution is 9.10. The summed E-state index contributed by atoms with van der Waals surface area (Å²) in [4.78, 5) is 0. The Balaban J connectivity index is 1.52. The minimum atomic E-state index is 1.03. The maximum absolute atomic E-state index is 5.50. The summed E-state index contributed by atoms with van der Waals surface area (Å²) in [6, 6.07) is 2.00. The van der Waals surface area contributed by atoms with Crippen molar-refractivity contribution in [2.75, 3.05) is 0 Å². The van der Waals surface area contributed by atoms with Crippen molar-refractivity contribution in [2.24, 2.45) is 0 Å². The smallest absolute Gasteiger partial charge is 0.146 e. The van der Waals surface area contributed by atoms with E-state index in [2.05, 4.69) is 15.9 Å². The third-order valence-electron chi connectivity index (χ3n) is 5.14. The van der Waals surface area contributed by atoms with Gasteiger partial charge in [0.1, 0.15) is 12.5 Å². The van der Waals surface area contributed by atoms with Gasteiger partial charge in [-0.15, -0.1) is 0 Å². The first-order chi connectivity index (χ1) is 8.84. The Labute approximate surface area is 119 Å². The summed E-state index contributed by atoms with van der Waals surface area (Å²) in [5.74, 6) is 3.24. The molecule has 2 aliphatic heterocycles. The van der Waals surface area contributed by atoms with E-state index >= 15 is 0 Å². The second-order valence-electron chi connectivity index (χ2n) is 6.13. The van der Waals surface area contributed by atoms with E-state index in [1.807, 2.05) is 6.07 Å². The van der Waals surface area contributed by atoms with Crippen LogP contribution in [0.5, 0.6) is 0 Å². The normalized spacial score (nSPS) is 27.5. The average molecular weight is 309 g/mol. The van der Waals surface area contributed by atoms with Crippen LogP contribution >= 0.6 is 15.9 Å². The topological polar surface area (TPSA) is 13.1 Å². The summed E-state index contributed by atoms with van der Waals surface area (Å²) in [7, 11) is 0. The largest absolute Gasteiger partial charge is 0.468 e. The van der Waals surface area contributed by atoms with E-state index in [4.69, 9.17) is 4.42 Å². The predicted molar refractivity (Wildman–Crippen MR) is 80.5 cm³/mol.